The fourth-order valence-corrected chi connectivity index (χ4v) is 2.58. The number of Topliss-reactive ketones (excluding diaryl/α,β-unsaturated/α-hetero) is 1. The van der Waals surface area contributed by atoms with E-state index in [1.807, 2.05) is 0 Å². The van der Waals surface area contributed by atoms with Gasteiger partial charge in [-0.2, -0.15) is 0 Å². The summed E-state index contributed by atoms with van der Waals surface area (Å²) >= 11 is 6.10. The first-order chi connectivity index (χ1) is 8.15. The molecule has 1 aliphatic carbocycles. The number of carbonyl (C=O) groups is 2. The third-order valence-electron chi connectivity index (χ3n) is 3.56. The summed E-state index contributed by atoms with van der Waals surface area (Å²) in [5.74, 6) is 0.225. The SMILES string of the molecule is O=C1Cc2cc(C(=O)C3CCC3)c(Cl)cc2N1. The van der Waals surface area contributed by atoms with Gasteiger partial charge in [0.1, 0.15) is 0 Å². The number of nitrogens with one attached hydrogen (secondary N) is 1. The van der Waals surface area contributed by atoms with Gasteiger partial charge in [-0.3, -0.25) is 9.59 Å². The predicted octanol–water partition coefficient (Wildman–Crippen LogP) is 2.82. The number of carbonyl (C=O) groups excluding carboxylic acids is 2. The minimum atomic E-state index is -0.0377. The van der Waals surface area contributed by atoms with Gasteiger partial charge in [-0.1, -0.05) is 18.0 Å². The number of ketones is 1. The Balaban J connectivity index is 1.98. The summed E-state index contributed by atoms with van der Waals surface area (Å²) in [7, 11) is 0. The molecule has 3 nitrogen and oxygen atoms in total. The van der Waals surface area contributed by atoms with Crippen LogP contribution in [0.3, 0.4) is 0 Å². The fourth-order valence-electron chi connectivity index (χ4n) is 2.33. The van der Waals surface area contributed by atoms with E-state index in [0.29, 0.717) is 17.0 Å². The van der Waals surface area contributed by atoms with Crippen molar-refractivity contribution in [2.24, 2.45) is 5.92 Å². The van der Waals surface area contributed by atoms with Gasteiger partial charge in [0.15, 0.2) is 5.78 Å². The Bertz CT molecular complexity index is 520. The highest BCUT2D eigenvalue weighted by atomic mass is 35.5. The van der Waals surface area contributed by atoms with Gasteiger partial charge in [0, 0.05) is 17.2 Å². The molecule has 1 aromatic carbocycles. The lowest BCUT2D eigenvalue weighted by Gasteiger charge is -2.24. The predicted molar refractivity (Wildman–Crippen MR) is 65.5 cm³/mol. The van der Waals surface area contributed by atoms with Crippen molar-refractivity contribution in [3.63, 3.8) is 0 Å². The molecule has 17 heavy (non-hydrogen) atoms. The highest BCUT2D eigenvalue weighted by molar-refractivity contribution is 6.34. The zero-order valence-electron chi connectivity index (χ0n) is 9.25. The Labute approximate surface area is 104 Å². The van der Waals surface area contributed by atoms with Gasteiger partial charge in [0.05, 0.1) is 11.4 Å². The first-order valence-electron chi connectivity index (χ1n) is 5.81. The van der Waals surface area contributed by atoms with Crippen molar-refractivity contribution in [1.82, 2.24) is 0 Å². The zero-order chi connectivity index (χ0) is 12.0. The summed E-state index contributed by atoms with van der Waals surface area (Å²) in [6, 6.07) is 3.46. The van der Waals surface area contributed by atoms with Crippen LogP contribution in [0.4, 0.5) is 5.69 Å². The summed E-state index contributed by atoms with van der Waals surface area (Å²) in [6.07, 6.45) is 3.39. The first kappa shape index (κ1) is 10.8. The number of benzene rings is 1. The molecule has 1 N–H and O–H groups in total. The van der Waals surface area contributed by atoms with Crippen LogP contribution in [-0.4, -0.2) is 11.7 Å². The van der Waals surface area contributed by atoms with Gasteiger partial charge in [0.2, 0.25) is 5.91 Å². The Morgan fingerprint density at radius 2 is 2.12 bits per heavy atom. The van der Waals surface area contributed by atoms with Crippen LogP contribution in [-0.2, 0) is 11.2 Å². The van der Waals surface area contributed by atoms with Gasteiger partial charge in [-0.15, -0.1) is 0 Å². The summed E-state index contributed by atoms with van der Waals surface area (Å²) in [6.45, 7) is 0. The second-order valence-corrected chi connectivity index (χ2v) is 5.11. The average molecular weight is 250 g/mol. The lowest BCUT2D eigenvalue weighted by Crippen LogP contribution is -2.22. The minimum Gasteiger partial charge on any atom is -0.325 e. The molecule has 0 unspecified atom stereocenters. The number of anilines is 1. The highest BCUT2D eigenvalue weighted by Gasteiger charge is 2.29. The number of hydrogen-bond donors (Lipinski definition) is 1. The highest BCUT2D eigenvalue weighted by Crippen LogP contribution is 2.35. The molecule has 1 fully saturated rings. The standard InChI is InChI=1S/C13H12ClNO2/c14-10-6-11-8(5-12(16)15-11)4-9(10)13(17)7-2-1-3-7/h4,6-7H,1-3,5H2,(H,15,16). The maximum Gasteiger partial charge on any atom is 0.228 e. The van der Waals surface area contributed by atoms with Gasteiger partial charge >= 0.3 is 0 Å². The van der Waals surface area contributed by atoms with E-state index in [0.717, 1.165) is 30.5 Å². The minimum absolute atomic E-state index is 0.0377. The molecule has 4 heteroatoms. The topological polar surface area (TPSA) is 46.2 Å². The Morgan fingerprint density at radius 1 is 1.35 bits per heavy atom. The molecule has 88 valence electrons. The molecule has 0 aromatic heterocycles. The monoisotopic (exact) mass is 249 g/mol. The molecule has 0 radical (unpaired) electrons. The van der Waals surface area contributed by atoms with Crippen molar-refractivity contribution in [2.45, 2.75) is 25.7 Å². The van der Waals surface area contributed by atoms with Crippen LogP contribution in [0.25, 0.3) is 0 Å². The van der Waals surface area contributed by atoms with Crippen LogP contribution in [0.5, 0.6) is 0 Å². The molecule has 2 aliphatic rings. The number of fused-ring (bicyclic) bond motifs is 1. The molecule has 1 heterocycles. The number of rotatable bonds is 2. The molecule has 1 aromatic rings. The van der Waals surface area contributed by atoms with E-state index in [1.54, 1.807) is 12.1 Å². The molecule has 1 aliphatic heterocycles. The van der Waals surface area contributed by atoms with Crippen LogP contribution in [0.1, 0.15) is 35.2 Å². The Kier molecular flexibility index (Phi) is 2.44. The van der Waals surface area contributed by atoms with E-state index in [9.17, 15) is 9.59 Å². The van der Waals surface area contributed by atoms with Gasteiger partial charge in [0.25, 0.3) is 0 Å². The van der Waals surface area contributed by atoms with Crippen molar-refractivity contribution < 1.29 is 9.59 Å². The van der Waals surface area contributed by atoms with Gasteiger partial charge in [-0.25, -0.2) is 0 Å². The van der Waals surface area contributed by atoms with E-state index in [1.165, 1.54) is 0 Å². The van der Waals surface area contributed by atoms with Crippen LogP contribution in [0, 0.1) is 5.92 Å². The number of hydrogen-bond acceptors (Lipinski definition) is 2. The lowest BCUT2D eigenvalue weighted by molar-refractivity contribution is -0.115. The van der Waals surface area contributed by atoms with Crippen LogP contribution < -0.4 is 5.32 Å². The summed E-state index contributed by atoms with van der Waals surface area (Å²) in [4.78, 5) is 23.4. The fraction of sp³-hybridized carbons (Fsp3) is 0.385. The second kappa shape index (κ2) is 3.84. The van der Waals surface area contributed by atoms with Crippen LogP contribution >= 0.6 is 11.6 Å². The van der Waals surface area contributed by atoms with E-state index < -0.39 is 0 Å². The van der Waals surface area contributed by atoms with E-state index in [2.05, 4.69) is 5.32 Å². The Hall–Kier alpha value is -1.35. The van der Waals surface area contributed by atoms with Crippen molar-refractivity contribution in [1.29, 1.82) is 0 Å². The van der Waals surface area contributed by atoms with Gasteiger partial charge in [-0.05, 0) is 30.5 Å². The van der Waals surface area contributed by atoms with Crippen LogP contribution in [0.2, 0.25) is 5.02 Å². The number of halogens is 1. The van der Waals surface area contributed by atoms with E-state index in [4.69, 9.17) is 11.6 Å². The third kappa shape index (κ3) is 1.75. The molecule has 0 spiro atoms. The molecule has 0 saturated heterocycles. The summed E-state index contributed by atoms with van der Waals surface area (Å²) in [5, 5.41) is 3.17. The van der Waals surface area contributed by atoms with Crippen molar-refractivity contribution in [2.75, 3.05) is 5.32 Å². The normalized spacial score (nSPS) is 18.5. The second-order valence-electron chi connectivity index (χ2n) is 4.71. The van der Waals surface area contributed by atoms with Crippen molar-refractivity contribution in [3.8, 4) is 0 Å². The quantitative estimate of drug-likeness (QED) is 0.820. The van der Waals surface area contributed by atoms with Crippen molar-refractivity contribution >= 4 is 29.0 Å². The largest absolute Gasteiger partial charge is 0.325 e. The van der Waals surface area contributed by atoms with Crippen molar-refractivity contribution in [3.05, 3.63) is 28.3 Å². The molecule has 0 bridgehead atoms. The molecule has 0 atom stereocenters. The maximum atomic E-state index is 12.1. The molecular weight excluding hydrogens is 238 g/mol. The first-order valence-corrected chi connectivity index (χ1v) is 6.19. The summed E-state index contributed by atoms with van der Waals surface area (Å²) < 4.78 is 0. The zero-order valence-corrected chi connectivity index (χ0v) is 10.0. The molecule has 3 rings (SSSR count). The number of amides is 1. The lowest BCUT2D eigenvalue weighted by atomic mass is 9.79. The maximum absolute atomic E-state index is 12.1. The van der Waals surface area contributed by atoms with E-state index in [-0.39, 0.29) is 17.6 Å². The Morgan fingerprint density at radius 3 is 2.76 bits per heavy atom. The molecule has 1 saturated carbocycles. The summed E-state index contributed by atoms with van der Waals surface area (Å²) in [5.41, 5.74) is 2.19. The van der Waals surface area contributed by atoms with Gasteiger partial charge < -0.3 is 5.32 Å². The molecular formula is C13H12ClNO2. The average Bonchev–Trinajstić information content (AvgIpc) is 2.53. The van der Waals surface area contributed by atoms with Crippen LogP contribution in [0.15, 0.2) is 12.1 Å². The van der Waals surface area contributed by atoms with E-state index >= 15 is 0 Å². The smallest absolute Gasteiger partial charge is 0.228 e. The molecule has 1 amide bonds. The third-order valence-corrected chi connectivity index (χ3v) is 3.87.